The first kappa shape index (κ1) is 21.5. The quantitative estimate of drug-likeness (QED) is 0.382. The molecule has 4 aromatic rings. The fourth-order valence-electron chi connectivity index (χ4n) is 3.38. The van der Waals surface area contributed by atoms with Gasteiger partial charge in [-0.3, -0.25) is 13.9 Å². The zero-order chi connectivity index (χ0) is 21.8. The molecule has 0 spiro atoms. The van der Waals surface area contributed by atoms with E-state index in [1.54, 1.807) is 13.4 Å². The summed E-state index contributed by atoms with van der Waals surface area (Å²) in [5.74, 6) is 1.77. The molecular weight excluding hydrogens is 428 g/mol. The maximum absolute atomic E-state index is 12.8. The highest BCUT2D eigenvalue weighted by molar-refractivity contribution is 8.16. The normalized spacial score (nSPS) is 11.5. The first-order valence-corrected chi connectivity index (χ1v) is 12.1. The second kappa shape index (κ2) is 9.62. The van der Waals surface area contributed by atoms with Gasteiger partial charge in [0, 0.05) is 32.1 Å². The average molecular weight is 453 g/mol. The van der Waals surface area contributed by atoms with Crippen molar-refractivity contribution in [2.45, 2.75) is 22.6 Å². The van der Waals surface area contributed by atoms with Crippen LogP contribution < -0.4 is 11.2 Å². The Morgan fingerprint density at radius 2 is 1.39 bits per heavy atom. The summed E-state index contributed by atoms with van der Waals surface area (Å²) in [5, 5.41) is 0. The number of thioether (sulfide) groups is 2. The smallest absolute Gasteiger partial charge is 0.323 e. The van der Waals surface area contributed by atoms with E-state index in [9.17, 15) is 9.59 Å². The van der Waals surface area contributed by atoms with Crippen LogP contribution >= 0.6 is 23.5 Å². The van der Waals surface area contributed by atoms with Crippen molar-refractivity contribution in [1.82, 2.24) is 18.7 Å². The van der Waals surface area contributed by atoms with E-state index in [1.807, 2.05) is 40.2 Å². The predicted molar refractivity (Wildman–Crippen MR) is 129 cm³/mol. The van der Waals surface area contributed by atoms with Gasteiger partial charge in [-0.25, -0.2) is 9.78 Å². The van der Waals surface area contributed by atoms with E-state index < -0.39 is 0 Å². The summed E-state index contributed by atoms with van der Waals surface area (Å²) >= 11 is 3.71. The minimum absolute atomic E-state index is 0.208. The summed E-state index contributed by atoms with van der Waals surface area (Å²) < 4.78 is 4.66. The molecule has 0 bridgehead atoms. The fraction of sp³-hybridized carbons (Fsp3) is 0.261. The number of nitrogens with zero attached hydrogens (tertiary/aromatic N) is 4. The molecule has 2 heterocycles. The molecule has 31 heavy (non-hydrogen) atoms. The van der Waals surface area contributed by atoms with Gasteiger partial charge in [-0.2, -0.15) is 0 Å². The number of aromatic nitrogens is 4. The van der Waals surface area contributed by atoms with Crippen LogP contribution in [0.3, 0.4) is 0 Å². The van der Waals surface area contributed by atoms with Gasteiger partial charge >= 0.3 is 5.69 Å². The van der Waals surface area contributed by atoms with Crippen LogP contribution in [-0.4, -0.2) is 23.3 Å². The molecule has 0 fully saturated rings. The second-order valence-corrected chi connectivity index (χ2v) is 9.98. The van der Waals surface area contributed by atoms with Crippen molar-refractivity contribution in [2.75, 3.05) is 0 Å². The molecule has 0 saturated carbocycles. The lowest BCUT2D eigenvalue weighted by Gasteiger charge is -2.18. The monoisotopic (exact) mass is 452 g/mol. The van der Waals surface area contributed by atoms with Gasteiger partial charge < -0.3 is 4.57 Å². The molecule has 0 aliphatic heterocycles. The van der Waals surface area contributed by atoms with E-state index in [1.165, 1.54) is 22.7 Å². The highest BCUT2D eigenvalue weighted by Crippen LogP contribution is 2.31. The van der Waals surface area contributed by atoms with Gasteiger partial charge in [-0.1, -0.05) is 60.7 Å². The van der Waals surface area contributed by atoms with Crippen LogP contribution in [0.5, 0.6) is 0 Å². The van der Waals surface area contributed by atoms with Gasteiger partial charge in [0.25, 0.3) is 5.56 Å². The van der Waals surface area contributed by atoms with E-state index >= 15 is 0 Å². The molecule has 0 unspecified atom stereocenters. The van der Waals surface area contributed by atoms with E-state index in [4.69, 9.17) is 0 Å². The molecule has 0 atom stereocenters. The lowest BCUT2D eigenvalue weighted by atomic mass is 10.2. The molecular formula is C23H24N4O2S2. The summed E-state index contributed by atoms with van der Waals surface area (Å²) in [5.41, 5.74) is 2.76. The van der Waals surface area contributed by atoms with E-state index in [0.29, 0.717) is 17.7 Å². The van der Waals surface area contributed by atoms with Crippen LogP contribution in [0.4, 0.5) is 0 Å². The van der Waals surface area contributed by atoms with Crippen molar-refractivity contribution in [3.8, 4) is 0 Å². The van der Waals surface area contributed by atoms with Crippen LogP contribution in [0.2, 0.25) is 0 Å². The van der Waals surface area contributed by atoms with Crippen molar-refractivity contribution >= 4 is 34.7 Å². The van der Waals surface area contributed by atoms with Gasteiger partial charge in [0.1, 0.15) is 0 Å². The fourth-order valence-corrected chi connectivity index (χ4v) is 5.84. The average Bonchev–Trinajstić information content (AvgIpc) is 3.23. The van der Waals surface area contributed by atoms with Gasteiger partial charge in [0.15, 0.2) is 11.2 Å². The number of benzene rings is 2. The van der Waals surface area contributed by atoms with Crippen LogP contribution in [0, 0.1) is 0 Å². The maximum atomic E-state index is 12.8. The molecule has 0 N–H and O–H groups in total. The van der Waals surface area contributed by atoms with E-state index in [-0.39, 0.29) is 15.8 Å². The SMILES string of the molecule is Cn1c(=O)c2c(ncn2CC(SCc2ccccc2)SCc2ccccc2)n(C)c1=O. The number of imidazole rings is 1. The number of hydrogen-bond acceptors (Lipinski definition) is 5. The van der Waals surface area contributed by atoms with Crippen molar-refractivity contribution in [2.24, 2.45) is 14.1 Å². The highest BCUT2D eigenvalue weighted by atomic mass is 32.2. The number of fused-ring (bicyclic) bond motifs is 1. The molecule has 6 nitrogen and oxygen atoms in total. The van der Waals surface area contributed by atoms with Crippen LogP contribution in [-0.2, 0) is 32.1 Å². The van der Waals surface area contributed by atoms with Crippen LogP contribution in [0.1, 0.15) is 11.1 Å². The maximum Gasteiger partial charge on any atom is 0.332 e. The Hall–Kier alpha value is -2.71. The van der Waals surface area contributed by atoms with Crippen molar-refractivity contribution in [1.29, 1.82) is 0 Å². The highest BCUT2D eigenvalue weighted by Gasteiger charge is 2.18. The van der Waals surface area contributed by atoms with Crippen molar-refractivity contribution in [3.05, 3.63) is 99.0 Å². The third-order valence-electron chi connectivity index (χ3n) is 5.12. The Labute approximate surface area is 188 Å². The van der Waals surface area contributed by atoms with Crippen molar-refractivity contribution in [3.63, 3.8) is 0 Å². The van der Waals surface area contributed by atoms with Gasteiger partial charge in [-0.15, -0.1) is 23.5 Å². The van der Waals surface area contributed by atoms with E-state index in [2.05, 4.69) is 53.5 Å². The largest absolute Gasteiger partial charge is 0.332 e. The number of aryl methyl sites for hydroxylation is 1. The molecule has 0 aliphatic carbocycles. The Morgan fingerprint density at radius 1 is 0.839 bits per heavy atom. The third kappa shape index (κ3) is 4.80. The third-order valence-corrected chi connectivity index (χ3v) is 7.98. The lowest BCUT2D eigenvalue weighted by molar-refractivity contribution is 0.698. The summed E-state index contributed by atoms with van der Waals surface area (Å²) in [6.45, 7) is 0.624. The summed E-state index contributed by atoms with van der Waals surface area (Å²) in [7, 11) is 3.15. The van der Waals surface area contributed by atoms with Crippen molar-refractivity contribution < 1.29 is 0 Å². The first-order valence-electron chi connectivity index (χ1n) is 9.96. The zero-order valence-electron chi connectivity index (χ0n) is 17.5. The molecule has 0 amide bonds. The Morgan fingerprint density at radius 3 is 1.94 bits per heavy atom. The number of rotatable bonds is 8. The Balaban J connectivity index is 1.60. The molecule has 160 valence electrons. The molecule has 2 aromatic carbocycles. The minimum atomic E-state index is -0.365. The predicted octanol–water partition coefficient (Wildman–Crippen LogP) is 3.63. The van der Waals surface area contributed by atoms with Gasteiger partial charge in [-0.05, 0) is 11.1 Å². The Bertz CT molecular complexity index is 1240. The molecule has 0 aliphatic rings. The van der Waals surface area contributed by atoms with Gasteiger partial charge in [0.2, 0.25) is 0 Å². The molecule has 2 aromatic heterocycles. The topological polar surface area (TPSA) is 61.8 Å². The molecule has 8 heteroatoms. The minimum Gasteiger partial charge on any atom is -0.323 e. The summed E-state index contributed by atoms with van der Waals surface area (Å²) in [6, 6.07) is 20.8. The summed E-state index contributed by atoms with van der Waals surface area (Å²) in [4.78, 5) is 29.4. The lowest BCUT2D eigenvalue weighted by Crippen LogP contribution is -2.37. The zero-order valence-corrected chi connectivity index (χ0v) is 19.1. The summed E-state index contributed by atoms with van der Waals surface area (Å²) in [6.07, 6.45) is 1.67. The van der Waals surface area contributed by atoms with Crippen LogP contribution in [0.15, 0.2) is 76.6 Å². The molecule has 0 saturated heterocycles. The second-order valence-electron chi connectivity index (χ2n) is 7.30. The molecule has 0 radical (unpaired) electrons. The Kier molecular flexibility index (Phi) is 6.67. The standard InChI is InChI=1S/C23H24N4O2S2/c1-25-21-20(22(28)26(2)23(25)29)27(16-24-21)13-19(30-14-17-9-5-3-6-10-17)31-15-18-11-7-4-8-12-18/h3-12,16,19H,13-15H2,1-2H3. The van der Waals surface area contributed by atoms with Crippen LogP contribution in [0.25, 0.3) is 11.2 Å². The van der Waals surface area contributed by atoms with Gasteiger partial charge in [0.05, 0.1) is 10.9 Å². The number of hydrogen-bond donors (Lipinski definition) is 0. The first-order chi connectivity index (χ1) is 15.0. The molecule has 4 rings (SSSR count). The van der Waals surface area contributed by atoms with E-state index in [0.717, 1.165) is 16.1 Å².